The lowest BCUT2D eigenvalue weighted by molar-refractivity contribution is -0.168. The number of nitrogens with zero attached hydrogens (tertiary/aromatic N) is 2. The summed E-state index contributed by atoms with van der Waals surface area (Å²) in [6.45, 7) is 1.01. The minimum Gasteiger partial charge on any atom is -0.489 e. The highest BCUT2D eigenvalue weighted by Crippen LogP contribution is 2.27. The number of nitrogens with one attached hydrogen (secondary N) is 2. The van der Waals surface area contributed by atoms with Crippen molar-refractivity contribution in [3.63, 3.8) is 0 Å². The van der Waals surface area contributed by atoms with Gasteiger partial charge < -0.3 is 15.4 Å². The number of ether oxygens (including phenoxy) is 1. The van der Waals surface area contributed by atoms with Crippen molar-refractivity contribution < 1.29 is 19.5 Å². The van der Waals surface area contributed by atoms with Gasteiger partial charge in [-0.15, -0.1) is 0 Å². The maximum atomic E-state index is 13.5. The summed E-state index contributed by atoms with van der Waals surface area (Å²) in [6, 6.07) is 12.4. The molecule has 0 saturated carbocycles. The Bertz CT molecular complexity index is 964. The number of carbonyl (C=O) groups is 2. The third-order valence-electron chi connectivity index (χ3n) is 6.00. The first-order valence-corrected chi connectivity index (χ1v) is 10.8. The smallest absolute Gasteiger partial charge is 0.250 e. The van der Waals surface area contributed by atoms with Crippen LogP contribution in [0.2, 0.25) is 0 Å². The summed E-state index contributed by atoms with van der Waals surface area (Å²) in [5.74, 6) is -0.666. The molecule has 4 atom stereocenters. The van der Waals surface area contributed by atoms with Gasteiger partial charge >= 0.3 is 0 Å². The van der Waals surface area contributed by atoms with Gasteiger partial charge in [0.25, 0.3) is 5.91 Å². The minimum atomic E-state index is -0.731. The van der Waals surface area contributed by atoms with Gasteiger partial charge in [0.05, 0.1) is 18.0 Å². The van der Waals surface area contributed by atoms with Crippen LogP contribution in [0.4, 0.5) is 0 Å². The van der Waals surface area contributed by atoms with Crippen molar-refractivity contribution in [3.8, 4) is 5.75 Å². The number of ketones is 1. The van der Waals surface area contributed by atoms with E-state index in [2.05, 4.69) is 21.7 Å². The molecular weight excluding hydrogens is 408 g/mol. The number of hydrogen-bond acceptors (Lipinski definition) is 7. The van der Waals surface area contributed by atoms with E-state index in [-0.39, 0.29) is 11.9 Å². The maximum Gasteiger partial charge on any atom is 0.250 e. The highest BCUT2D eigenvalue weighted by molar-refractivity contribution is 5.96. The molecule has 168 valence electrons. The van der Waals surface area contributed by atoms with Crippen LogP contribution >= 0.6 is 0 Å². The number of hydrogen-bond donors (Lipinski definition) is 3. The van der Waals surface area contributed by atoms with Crippen LogP contribution in [-0.2, 0) is 9.59 Å². The lowest BCUT2D eigenvalue weighted by atomic mass is 9.81. The van der Waals surface area contributed by atoms with E-state index in [0.717, 1.165) is 11.1 Å². The molecule has 0 spiro atoms. The molecule has 1 saturated heterocycles. The predicted molar refractivity (Wildman–Crippen MR) is 119 cm³/mol. The second kappa shape index (κ2) is 10.0. The Morgan fingerprint density at radius 3 is 2.59 bits per heavy atom. The molecule has 1 aromatic carbocycles. The number of carbonyl (C=O) groups excluding carboxylic acids is 2. The molecular formula is C24H28N4O4. The maximum absolute atomic E-state index is 13.5. The highest BCUT2D eigenvalue weighted by atomic mass is 16.5. The van der Waals surface area contributed by atoms with E-state index in [4.69, 9.17) is 4.74 Å². The zero-order valence-electron chi connectivity index (χ0n) is 18.0. The number of benzene rings is 1. The fourth-order valence-electron chi connectivity index (χ4n) is 4.39. The second-order valence-electron chi connectivity index (χ2n) is 8.18. The monoisotopic (exact) mass is 436 g/mol. The Labute approximate surface area is 187 Å². The van der Waals surface area contributed by atoms with E-state index in [1.165, 1.54) is 7.05 Å². The number of piperidine rings is 1. The largest absolute Gasteiger partial charge is 0.489 e. The first-order valence-electron chi connectivity index (χ1n) is 10.8. The van der Waals surface area contributed by atoms with E-state index < -0.39 is 23.9 Å². The molecule has 8 heteroatoms. The van der Waals surface area contributed by atoms with Crippen LogP contribution in [0.3, 0.4) is 0 Å². The van der Waals surface area contributed by atoms with Crippen LogP contribution in [0.5, 0.6) is 5.75 Å². The zero-order valence-corrected chi connectivity index (χ0v) is 18.0. The first kappa shape index (κ1) is 22.1. The van der Waals surface area contributed by atoms with E-state index in [1.54, 1.807) is 24.5 Å². The van der Waals surface area contributed by atoms with E-state index in [0.29, 0.717) is 36.7 Å². The SMILES string of the molecule is CN(O)C(=O)[C@H]1C[C@H](Oc2ccncc2)CN[C@@H]1C(=O)C1CC(c2ccccc2)=CCN1. The Balaban J connectivity index is 1.48. The summed E-state index contributed by atoms with van der Waals surface area (Å²) in [4.78, 5) is 30.2. The fraction of sp³-hybridized carbons (Fsp3) is 0.375. The number of rotatable bonds is 6. The zero-order chi connectivity index (χ0) is 22.5. The van der Waals surface area contributed by atoms with Crippen LogP contribution in [-0.4, -0.2) is 65.3 Å². The molecule has 2 aromatic rings. The summed E-state index contributed by atoms with van der Waals surface area (Å²) < 4.78 is 5.97. The third-order valence-corrected chi connectivity index (χ3v) is 6.00. The highest BCUT2D eigenvalue weighted by Gasteiger charge is 2.43. The van der Waals surface area contributed by atoms with Crippen molar-refractivity contribution >= 4 is 17.3 Å². The van der Waals surface area contributed by atoms with Gasteiger partial charge in [-0.3, -0.25) is 19.8 Å². The second-order valence-corrected chi connectivity index (χ2v) is 8.18. The molecule has 1 unspecified atom stereocenters. The molecule has 8 nitrogen and oxygen atoms in total. The molecule has 0 bridgehead atoms. The topological polar surface area (TPSA) is 104 Å². The molecule has 1 aromatic heterocycles. The van der Waals surface area contributed by atoms with Gasteiger partial charge in [0, 0.05) is 32.5 Å². The van der Waals surface area contributed by atoms with Crippen LogP contribution in [0.15, 0.2) is 60.9 Å². The fourth-order valence-corrected chi connectivity index (χ4v) is 4.39. The van der Waals surface area contributed by atoms with Crippen molar-refractivity contribution in [1.82, 2.24) is 20.7 Å². The Hall–Kier alpha value is -3.07. The standard InChI is InChI=1S/C24H28N4O4/c1-28(31)24(30)20-14-19(32-18-8-10-25-11-9-18)15-27-22(20)23(29)21-13-17(7-12-26-21)16-5-3-2-4-6-16/h2-11,19-22,26-27,31H,12-15H2,1H3/t19-,20-,21?,22-/m0/s1. The lowest BCUT2D eigenvalue weighted by Crippen LogP contribution is -2.60. The van der Waals surface area contributed by atoms with Crippen molar-refractivity contribution in [2.45, 2.75) is 31.0 Å². The van der Waals surface area contributed by atoms with Crippen molar-refractivity contribution in [2.24, 2.45) is 5.92 Å². The number of amides is 1. The molecule has 32 heavy (non-hydrogen) atoms. The van der Waals surface area contributed by atoms with Gasteiger partial charge in [0.2, 0.25) is 0 Å². The molecule has 4 rings (SSSR count). The number of pyridine rings is 1. The summed E-state index contributed by atoms with van der Waals surface area (Å²) in [7, 11) is 1.28. The summed E-state index contributed by atoms with van der Waals surface area (Å²) in [5, 5.41) is 16.9. The normalized spacial score (nSPS) is 25.5. The van der Waals surface area contributed by atoms with Crippen LogP contribution < -0.4 is 15.4 Å². The van der Waals surface area contributed by atoms with Crippen molar-refractivity contribution in [1.29, 1.82) is 0 Å². The summed E-state index contributed by atoms with van der Waals surface area (Å²) >= 11 is 0. The average molecular weight is 437 g/mol. The number of Topliss-reactive ketones (excluding diaryl/α,β-unsaturated/α-hetero) is 1. The molecule has 1 amide bonds. The van der Waals surface area contributed by atoms with E-state index in [1.807, 2.05) is 30.3 Å². The molecule has 0 radical (unpaired) electrons. The van der Waals surface area contributed by atoms with Gasteiger partial charge in [-0.1, -0.05) is 36.4 Å². The van der Waals surface area contributed by atoms with Crippen molar-refractivity contribution in [3.05, 3.63) is 66.5 Å². The Morgan fingerprint density at radius 2 is 1.88 bits per heavy atom. The number of aromatic nitrogens is 1. The molecule has 3 heterocycles. The molecule has 2 aliphatic rings. The van der Waals surface area contributed by atoms with Crippen molar-refractivity contribution in [2.75, 3.05) is 20.1 Å². The number of hydroxylamine groups is 2. The summed E-state index contributed by atoms with van der Waals surface area (Å²) in [5.41, 5.74) is 2.21. The lowest BCUT2D eigenvalue weighted by Gasteiger charge is -2.38. The van der Waals surface area contributed by atoms with Gasteiger partial charge in [0.1, 0.15) is 11.9 Å². The molecule has 1 fully saturated rings. The predicted octanol–water partition coefficient (Wildman–Crippen LogP) is 1.67. The van der Waals surface area contributed by atoms with Gasteiger partial charge in [0.15, 0.2) is 5.78 Å². The summed E-state index contributed by atoms with van der Waals surface area (Å²) in [6.07, 6.45) is 5.92. The molecule has 0 aliphatic carbocycles. The third kappa shape index (κ3) is 5.04. The van der Waals surface area contributed by atoms with E-state index in [9.17, 15) is 14.8 Å². The van der Waals surface area contributed by atoms with Crippen LogP contribution in [0, 0.1) is 5.92 Å². The average Bonchev–Trinajstić information content (AvgIpc) is 2.84. The quantitative estimate of drug-likeness (QED) is 0.467. The van der Waals surface area contributed by atoms with Crippen LogP contribution in [0.25, 0.3) is 5.57 Å². The van der Waals surface area contributed by atoms with Crippen LogP contribution in [0.1, 0.15) is 18.4 Å². The Morgan fingerprint density at radius 1 is 1.12 bits per heavy atom. The van der Waals surface area contributed by atoms with Gasteiger partial charge in [-0.05, 0) is 36.1 Å². The van der Waals surface area contributed by atoms with Gasteiger partial charge in [-0.25, -0.2) is 5.06 Å². The molecule has 2 aliphatic heterocycles. The minimum absolute atomic E-state index is 0.0749. The van der Waals surface area contributed by atoms with Gasteiger partial charge in [-0.2, -0.15) is 0 Å². The Kier molecular flexibility index (Phi) is 6.94. The molecule has 3 N–H and O–H groups in total. The van der Waals surface area contributed by atoms with E-state index >= 15 is 0 Å². The first-order chi connectivity index (χ1) is 15.5.